The maximum absolute atomic E-state index is 13.6. The molecule has 0 saturated carbocycles. The number of fused-ring (bicyclic) bond motifs is 3. The van der Waals surface area contributed by atoms with Gasteiger partial charge in [0.05, 0.1) is 29.4 Å². The number of amides is 1. The maximum atomic E-state index is 13.6. The van der Waals surface area contributed by atoms with Crippen molar-refractivity contribution < 1.29 is 14.3 Å². The minimum atomic E-state index is -0.907. The highest BCUT2D eigenvalue weighted by molar-refractivity contribution is 6.18. The van der Waals surface area contributed by atoms with Gasteiger partial charge in [0.25, 0.3) is 5.91 Å². The largest absolute Gasteiger partial charge is 0.467 e. The van der Waals surface area contributed by atoms with Gasteiger partial charge >= 0.3 is 5.97 Å². The number of methoxy groups -OCH3 is 1. The number of para-hydroxylation sites is 2. The van der Waals surface area contributed by atoms with E-state index < -0.39 is 12.0 Å². The summed E-state index contributed by atoms with van der Waals surface area (Å²) in [6.45, 7) is 0. The van der Waals surface area contributed by atoms with Crippen LogP contribution in [0.1, 0.15) is 16.1 Å². The summed E-state index contributed by atoms with van der Waals surface area (Å²) in [6, 6.07) is 24.1. The lowest BCUT2D eigenvalue weighted by atomic mass is 9.96. The molecule has 6 heteroatoms. The van der Waals surface area contributed by atoms with Crippen molar-refractivity contribution in [2.45, 2.75) is 12.5 Å². The minimum absolute atomic E-state index is 0.166. The quantitative estimate of drug-likeness (QED) is 0.326. The second-order valence-electron chi connectivity index (χ2n) is 7.80. The average Bonchev–Trinajstić information content (AvgIpc) is 2.86. The molecule has 5 aromatic rings. The first-order valence-electron chi connectivity index (χ1n) is 10.6. The van der Waals surface area contributed by atoms with Crippen LogP contribution in [0.5, 0.6) is 0 Å². The first-order chi connectivity index (χ1) is 16.1. The minimum Gasteiger partial charge on any atom is -0.467 e. The molecule has 1 heterocycles. The fraction of sp³-hybridized carbons (Fsp3) is 0.111. The highest BCUT2D eigenvalue weighted by atomic mass is 16.5. The van der Waals surface area contributed by atoms with E-state index in [0.717, 1.165) is 32.6 Å². The van der Waals surface area contributed by atoms with Crippen LogP contribution in [0.4, 0.5) is 0 Å². The Balaban J connectivity index is 1.52. The Morgan fingerprint density at radius 2 is 1.48 bits per heavy atom. The third-order valence-electron chi connectivity index (χ3n) is 5.70. The number of esters is 1. The number of rotatable bonds is 5. The van der Waals surface area contributed by atoms with E-state index >= 15 is 0 Å². The highest BCUT2D eigenvalue weighted by Crippen LogP contribution is 2.28. The number of nitrogens with zero attached hydrogens (tertiary/aromatic N) is 2. The molecule has 0 radical (unpaired) electrons. The van der Waals surface area contributed by atoms with Crippen LogP contribution >= 0.6 is 0 Å². The first-order valence-corrected chi connectivity index (χ1v) is 10.6. The number of ether oxygens (including phenoxy) is 1. The second-order valence-corrected chi connectivity index (χ2v) is 7.80. The van der Waals surface area contributed by atoms with Crippen LogP contribution in [0.15, 0.2) is 85.1 Å². The topological polar surface area (TPSA) is 81.2 Å². The van der Waals surface area contributed by atoms with Gasteiger partial charge in [-0.3, -0.25) is 9.78 Å². The van der Waals surface area contributed by atoms with E-state index in [2.05, 4.69) is 21.4 Å². The molecule has 5 rings (SSSR count). The molecule has 0 bridgehead atoms. The summed E-state index contributed by atoms with van der Waals surface area (Å²) in [7, 11) is 1.31. The lowest BCUT2D eigenvalue weighted by molar-refractivity contribution is -0.142. The summed E-state index contributed by atoms with van der Waals surface area (Å²) in [4.78, 5) is 35.1. The van der Waals surface area contributed by atoms with Crippen LogP contribution in [0.25, 0.3) is 32.6 Å². The predicted octanol–water partition coefficient (Wildman–Crippen LogP) is 4.45. The molecule has 0 fully saturated rings. The second kappa shape index (κ2) is 8.67. The van der Waals surface area contributed by atoms with Crippen LogP contribution in [0, 0.1) is 0 Å². The van der Waals surface area contributed by atoms with Gasteiger partial charge in [-0.05, 0) is 39.7 Å². The summed E-state index contributed by atoms with van der Waals surface area (Å²) < 4.78 is 4.98. The monoisotopic (exact) mass is 435 g/mol. The van der Waals surface area contributed by atoms with Crippen LogP contribution in [-0.4, -0.2) is 35.0 Å². The standard InChI is InChI=1S/C27H21N3O3/c1-33-27(32)24(15-19-16-28-22-12-6-7-13-23(22)29-19)30-26(31)25-20-10-4-2-8-17(20)14-18-9-3-5-11-21(18)25/h2-14,16,24H,15H2,1H3,(H,30,31)/t24-/m0/s1. The Morgan fingerprint density at radius 3 is 2.15 bits per heavy atom. The van der Waals surface area contributed by atoms with Gasteiger partial charge in [-0.15, -0.1) is 0 Å². The number of benzene rings is 4. The summed E-state index contributed by atoms with van der Waals surface area (Å²) in [5.74, 6) is -0.880. The molecule has 1 N–H and O–H groups in total. The van der Waals surface area contributed by atoms with E-state index in [0.29, 0.717) is 11.3 Å². The summed E-state index contributed by atoms with van der Waals surface area (Å²) >= 11 is 0. The fourth-order valence-electron chi connectivity index (χ4n) is 4.13. The average molecular weight is 435 g/mol. The van der Waals surface area contributed by atoms with Gasteiger partial charge in [0.1, 0.15) is 6.04 Å². The number of carbonyl (C=O) groups excluding carboxylic acids is 2. The maximum Gasteiger partial charge on any atom is 0.328 e. The van der Waals surface area contributed by atoms with Crippen LogP contribution in [-0.2, 0) is 16.0 Å². The van der Waals surface area contributed by atoms with Crippen molar-refractivity contribution in [3.05, 3.63) is 96.3 Å². The lowest BCUT2D eigenvalue weighted by Crippen LogP contribution is -2.43. The van der Waals surface area contributed by atoms with E-state index in [4.69, 9.17) is 4.74 Å². The van der Waals surface area contributed by atoms with Gasteiger partial charge in [-0.1, -0.05) is 60.7 Å². The molecular formula is C27H21N3O3. The molecule has 1 aromatic heterocycles. The Hall–Kier alpha value is -4.32. The molecule has 0 unspecified atom stereocenters. The Labute approximate surface area is 190 Å². The predicted molar refractivity (Wildman–Crippen MR) is 128 cm³/mol. The first kappa shape index (κ1) is 20.6. The molecule has 0 aliphatic rings. The van der Waals surface area contributed by atoms with Crippen molar-refractivity contribution in [2.24, 2.45) is 0 Å². The summed E-state index contributed by atoms with van der Waals surface area (Å²) in [6.07, 6.45) is 1.79. The Morgan fingerprint density at radius 1 is 0.879 bits per heavy atom. The molecule has 4 aromatic carbocycles. The smallest absolute Gasteiger partial charge is 0.328 e. The highest BCUT2D eigenvalue weighted by Gasteiger charge is 2.25. The number of aromatic nitrogens is 2. The Bertz CT molecular complexity index is 1460. The van der Waals surface area contributed by atoms with E-state index in [1.807, 2.05) is 72.8 Å². The van der Waals surface area contributed by atoms with Gasteiger partial charge < -0.3 is 10.1 Å². The van der Waals surface area contributed by atoms with Crippen LogP contribution < -0.4 is 5.32 Å². The molecule has 0 saturated heterocycles. The van der Waals surface area contributed by atoms with Gasteiger partial charge in [0.15, 0.2) is 0 Å². The molecule has 1 atom stereocenters. The number of hydrogen-bond acceptors (Lipinski definition) is 5. The molecule has 0 aliphatic carbocycles. The van der Waals surface area contributed by atoms with Crippen molar-refractivity contribution in [1.82, 2.24) is 15.3 Å². The normalized spacial score (nSPS) is 12.0. The summed E-state index contributed by atoms with van der Waals surface area (Å²) in [5.41, 5.74) is 2.61. The van der Waals surface area contributed by atoms with E-state index in [9.17, 15) is 9.59 Å². The molecule has 33 heavy (non-hydrogen) atoms. The van der Waals surface area contributed by atoms with Crippen molar-refractivity contribution in [3.63, 3.8) is 0 Å². The molecule has 0 spiro atoms. The van der Waals surface area contributed by atoms with Crippen molar-refractivity contribution in [3.8, 4) is 0 Å². The number of nitrogens with one attached hydrogen (secondary N) is 1. The van der Waals surface area contributed by atoms with Crippen molar-refractivity contribution in [1.29, 1.82) is 0 Å². The zero-order valence-electron chi connectivity index (χ0n) is 18.0. The zero-order chi connectivity index (χ0) is 22.8. The van der Waals surface area contributed by atoms with Crippen molar-refractivity contribution >= 4 is 44.5 Å². The molecule has 0 aliphatic heterocycles. The van der Waals surface area contributed by atoms with Crippen LogP contribution in [0.2, 0.25) is 0 Å². The lowest BCUT2D eigenvalue weighted by Gasteiger charge is -2.18. The van der Waals surface area contributed by atoms with Gasteiger partial charge in [0, 0.05) is 12.6 Å². The number of carbonyl (C=O) groups is 2. The van der Waals surface area contributed by atoms with E-state index in [1.165, 1.54) is 7.11 Å². The Kier molecular flexibility index (Phi) is 5.40. The van der Waals surface area contributed by atoms with E-state index in [1.54, 1.807) is 6.20 Å². The summed E-state index contributed by atoms with van der Waals surface area (Å²) in [5, 5.41) is 6.44. The molecular weight excluding hydrogens is 414 g/mol. The molecule has 1 amide bonds. The van der Waals surface area contributed by atoms with Gasteiger partial charge in [-0.25, -0.2) is 9.78 Å². The van der Waals surface area contributed by atoms with Gasteiger partial charge in [0.2, 0.25) is 0 Å². The van der Waals surface area contributed by atoms with E-state index in [-0.39, 0.29) is 12.3 Å². The fourth-order valence-corrected chi connectivity index (χ4v) is 4.13. The third kappa shape index (κ3) is 3.99. The molecule has 162 valence electrons. The zero-order valence-corrected chi connectivity index (χ0v) is 18.0. The van der Waals surface area contributed by atoms with Crippen LogP contribution in [0.3, 0.4) is 0 Å². The van der Waals surface area contributed by atoms with Gasteiger partial charge in [-0.2, -0.15) is 0 Å². The third-order valence-corrected chi connectivity index (χ3v) is 5.70. The number of hydrogen-bond donors (Lipinski definition) is 1. The SMILES string of the molecule is COC(=O)[C@H](Cc1cnc2ccccc2n1)NC(=O)c1c2ccccc2cc2ccccc12. The van der Waals surface area contributed by atoms with Crippen molar-refractivity contribution in [2.75, 3.05) is 7.11 Å². The molecule has 6 nitrogen and oxygen atoms in total.